The zero-order chi connectivity index (χ0) is 19.9. The van der Waals surface area contributed by atoms with Crippen molar-refractivity contribution in [2.24, 2.45) is 0 Å². The molecule has 0 aliphatic carbocycles. The largest absolute Gasteiger partial charge is 0.416 e. The van der Waals surface area contributed by atoms with Crippen molar-refractivity contribution < 1.29 is 18.0 Å². The number of likely N-dealkylation sites (tertiary alicyclic amines) is 1. The fraction of sp³-hybridized carbons (Fsp3) is 0.263. The van der Waals surface area contributed by atoms with Crippen molar-refractivity contribution in [3.05, 3.63) is 54.9 Å². The van der Waals surface area contributed by atoms with Crippen LogP contribution in [0.5, 0.6) is 0 Å². The highest BCUT2D eigenvalue weighted by atomic mass is 19.4. The number of nitrogens with zero attached hydrogens (tertiary/aromatic N) is 5. The molecule has 4 rings (SSSR count). The molecule has 0 radical (unpaired) electrons. The van der Waals surface area contributed by atoms with Gasteiger partial charge in [0.05, 0.1) is 11.6 Å². The van der Waals surface area contributed by atoms with E-state index in [9.17, 15) is 18.0 Å². The molecule has 0 saturated carbocycles. The molecule has 1 aromatic carbocycles. The van der Waals surface area contributed by atoms with Crippen molar-refractivity contribution in [2.75, 3.05) is 13.1 Å². The first-order valence-corrected chi connectivity index (χ1v) is 8.66. The second kappa shape index (κ2) is 6.74. The number of alkyl halides is 3. The third-order valence-corrected chi connectivity index (χ3v) is 4.81. The Kier molecular flexibility index (Phi) is 4.37. The summed E-state index contributed by atoms with van der Waals surface area (Å²) in [7, 11) is 0. The van der Waals surface area contributed by atoms with Gasteiger partial charge in [0.15, 0.2) is 5.65 Å². The second-order valence-corrected chi connectivity index (χ2v) is 6.53. The molecule has 1 aliphatic rings. The molecule has 1 atom stereocenters. The van der Waals surface area contributed by atoms with Gasteiger partial charge < -0.3 is 4.90 Å². The second-order valence-electron chi connectivity index (χ2n) is 6.53. The Morgan fingerprint density at radius 3 is 2.57 bits per heavy atom. The molecule has 144 valence electrons. The van der Waals surface area contributed by atoms with Crippen LogP contribution in [0.25, 0.3) is 22.4 Å². The van der Waals surface area contributed by atoms with Gasteiger partial charge in [0.25, 0.3) is 0 Å². The number of aromatic nitrogens is 4. The first-order chi connectivity index (χ1) is 13.4. The van der Waals surface area contributed by atoms with Crippen LogP contribution < -0.4 is 0 Å². The zero-order valence-corrected chi connectivity index (χ0v) is 14.7. The minimum Gasteiger partial charge on any atom is -0.337 e. The molecule has 2 aromatic heterocycles. The smallest absolute Gasteiger partial charge is 0.337 e. The highest BCUT2D eigenvalue weighted by Crippen LogP contribution is 2.33. The van der Waals surface area contributed by atoms with Crippen LogP contribution in [0.2, 0.25) is 0 Å². The van der Waals surface area contributed by atoms with Crippen molar-refractivity contribution in [1.82, 2.24) is 24.6 Å². The Bertz CT molecular complexity index is 1040. The SMILES string of the molecule is C=CC(=O)N1CCC(n2nc(-c3ccc(C(F)(F)F)cc3)c3nccnc32)C1. The number of benzene rings is 1. The Morgan fingerprint density at radius 1 is 1.18 bits per heavy atom. The molecule has 1 amide bonds. The number of hydrogen-bond donors (Lipinski definition) is 0. The standard InChI is InChI=1S/C19H16F3N5O/c1-2-15(28)26-10-7-14(11-26)27-18-17(23-8-9-24-18)16(25-27)12-3-5-13(6-4-12)19(20,21)22/h2-6,8-9,14H,1,7,10-11H2. The molecule has 9 heteroatoms. The molecular weight excluding hydrogens is 371 g/mol. The third-order valence-electron chi connectivity index (χ3n) is 4.81. The quantitative estimate of drug-likeness (QED) is 0.646. The number of fused-ring (bicyclic) bond motifs is 1. The molecule has 1 fully saturated rings. The van der Waals surface area contributed by atoms with Gasteiger partial charge in [-0.05, 0) is 24.6 Å². The molecule has 3 heterocycles. The van der Waals surface area contributed by atoms with Crippen LogP contribution in [0.15, 0.2) is 49.3 Å². The molecule has 0 spiro atoms. The highest BCUT2D eigenvalue weighted by Gasteiger charge is 2.31. The molecule has 1 unspecified atom stereocenters. The van der Waals surface area contributed by atoms with E-state index in [1.807, 2.05) is 0 Å². The summed E-state index contributed by atoms with van der Waals surface area (Å²) in [5.41, 5.74) is 1.31. The summed E-state index contributed by atoms with van der Waals surface area (Å²) in [6.07, 6.45) is 0.629. The van der Waals surface area contributed by atoms with Crippen LogP contribution in [0, 0.1) is 0 Å². The van der Waals surface area contributed by atoms with Gasteiger partial charge in [-0.25, -0.2) is 14.6 Å². The van der Waals surface area contributed by atoms with Crippen molar-refractivity contribution in [3.63, 3.8) is 0 Å². The average molecular weight is 387 g/mol. The lowest BCUT2D eigenvalue weighted by atomic mass is 10.1. The lowest BCUT2D eigenvalue weighted by molar-refractivity contribution is -0.137. The van der Waals surface area contributed by atoms with Crippen LogP contribution >= 0.6 is 0 Å². The van der Waals surface area contributed by atoms with E-state index in [0.29, 0.717) is 41.9 Å². The Balaban J connectivity index is 1.73. The number of rotatable bonds is 3. The van der Waals surface area contributed by atoms with Crippen molar-refractivity contribution in [3.8, 4) is 11.3 Å². The van der Waals surface area contributed by atoms with E-state index in [1.165, 1.54) is 24.4 Å². The zero-order valence-electron chi connectivity index (χ0n) is 14.7. The first-order valence-electron chi connectivity index (χ1n) is 8.66. The normalized spacial score (nSPS) is 17.2. The predicted molar refractivity (Wildman–Crippen MR) is 96.2 cm³/mol. The van der Waals surface area contributed by atoms with Crippen LogP contribution in [-0.4, -0.2) is 43.6 Å². The van der Waals surface area contributed by atoms with Crippen LogP contribution in [-0.2, 0) is 11.0 Å². The van der Waals surface area contributed by atoms with E-state index in [0.717, 1.165) is 12.1 Å². The molecule has 0 bridgehead atoms. The van der Waals surface area contributed by atoms with E-state index < -0.39 is 11.7 Å². The average Bonchev–Trinajstić information content (AvgIpc) is 3.32. The number of halogens is 3. The maximum absolute atomic E-state index is 12.8. The third kappa shape index (κ3) is 3.12. The Morgan fingerprint density at radius 2 is 1.89 bits per heavy atom. The molecule has 28 heavy (non-hydrogen) atoms. The van der Waals surface area contributed by atoms with Gasteiger partial charge in [-0.2, -0.15) is 18.3 Å². The van der Waals surface area contributed by atoms with Crippen LogP contribution in [0.4, 0.5) is 13.2 Å². The maximum atomic E-state index is 12.8. The predicted octanol–water partition coefficient (Wildman–Crippen LogP) is 3.47. The van der Waals surface area contributed by atoms with E-state index in [1.54, 1.807) is 15.8 Å². The van der Waals surface area contributed by atoms with Crippen molar-refractivity contribution in [1.29, 1.82) is 0 Å². The number of hydrogen-bond acceptors (Lipinski definition) is 4. The Hall–Kier alpha value is -3.23. The highest BCUT2D eigenvalue weighted by molar-refractivity contribution is 5.88. The lowest BCUT2D eigenvalue weighted by Crippen LogP contribution is -2.27. The van der Waals surface area contributed by atoms with E-state index in [4.69, 9.17) is 0 Å². The topological polar surface area (TPSA) is 63.9 Å². The lowest BCUT2D eigenvalue weighted by Gasteiger charge is -2.14. The molecule has 0 N–H and O–H groups in total. The fourth-order valence-corrected chi connectivity index (χ4v) is 3.40. The summed E-state index contributed by atoms with van der Waals surface area (Å²) in [6.45, 7) is 4.54. The van der Waals surface area contributed by atoms with Gasteiger partial charge in [0.1, 0.15) is 11.2 Å². The summed E-state index contributed by atoms with van der Waals surface area (Å²) < 4.78 is 40.2. The summed E-state index contributed by atoms with van der Waals surface area (Å²) in [4.78, 5) is 22.2. The van der Waals surface area contributed by atoms with Crippen LogP contribution in [0.3, 0.4) is 0 Å². The molecular formula is C19H16F3N5O. The van der Waals surface area contributed by atoms with Gasteiger partial charge in [-0.15, -0.1) is 0 Å². The summed E-state index contributed by atoms with van der Waals surface area (Å²) in [5, 5.41) is 4.60. The van der Waals surface area contributed by atoms with Crippen LogP contribution in [0.1, 0.15) is 18.0 Å². The number of amides is 1. The van der Waals surface area contributed by atoms with Gasteiger partial charge in [-0.1, -0.05) is 18.7 Å². The van der Waals surface area contributed by atoms with Gasteiger partial charge >= 0.3 is 6.18 Å². The van der Waals surface area contributed by atoms with Gasteiger partial charge in [0, 0.05) is 31.0 Å². The summed E-state index contributed by atoms with van der Waals surface area (Å²) in [5.74, 6) is -0.145. The van der Waals surface area contributed by atoms with Crippen molar-refractivity contribution >= 4 is 17.1 Å². The van der Waals surface area contributed by atoms with E-state index >= 15 is 0 Å². The van der Waals surface area contributed by atoms with Gasteiger partial charge in [0.2, 0.25) is 5.91 Å². The maximum Gasteiger partial charge on any atom is 0.416 e. The van der Waals surface area contributed by atoms with Gasteiger partial charge in [-0.3, -0.25) is 4.79 Å². The van der Waals surface area contributed by atoms with E-state index in [2.05, 4.69) is 21.6 Å². The minimum atomic E-state index is -4.40. The summed E-state index contributed by atoms with van der Waals surface area (Å²) >= 11 is 0. The Labute approximate surface area is 158 Å². The molecule has 3 aromatic rings. The molecule has 1 saturated heterocycles. The fourth-order valence-electron chi connectivity index (χ4n) is 3.40. The number of carbonyl (C=O) groups is 1. The summed E-state index contributed by atoms with van der Waals surface area (Å²) in [6, 6.07) is 4.72. The molecule has 6 nitrogen and oxygen atoms in total. The monoisotopic (exact) mass is 387 g/mol. The minimum absolute atomic E-state index is 0.0914. The van der Waals surface area contributed by atoms with E-state index in [-0.39, 0.29) is 11.9 Å². The molecule has 1 aliphatic heterocycles. The first kappa shape index (κ1) is 18.1. The van der Waals surface area contributed by atoms with Crippen molar-refractivity contribution in [2.45, 2.75) is 18.6 Å². The number of carbonyl (C=O) groups excluding carboxylic acids is 1.